The van der Waals surface area contributed by atoms with Crippen LogP contribution in [0.2, 0.25) is 0 Å². The summed E-state index contributed by atoms with van der Waals surface area (Å²) in [6, 6.07) is 12.4. The lowest BCUT2D eigenvalue weighted by Gasteiger charge is -2.41. The number of nitrogens with zero attached hydrogens (tertiary/aromatic N) is 2. The predicted molar refractivity (Wildman–Crippen MR) is 122 cm³/mol. The van der Waals surface area contributed by atoms with Crippen LogP contribution < -0.4 is 5.32 Å². The minimum Gasteiger partial charge on any atom is -0.353 e. The molecule has 1 saturated heterocycles. The first-order valence-corrected chi connectivity index (χ1v) is 11.5. The molecule has 1 N–H and O–H groups in total. The summed E-state index contributed by atoms with van der Waals surface area (Å²) in [7, 11) is 0. The number of benzene rings is 1. The van der Waals surface area contributed by atoms with Crippen molar-refractivity contribution in [1.82, 2.24) is 15.2 Å². The van der Waals surface area contributed by atoms with Crippen LogP contribution in [-0.4, -0.2) is 40.8 Å². The molecule has 1 aromatic heterocycles. The van der Waals surface area contributed by atoms with Gasteiger partial charge in [0, 0.05) is 37.4 Å². The van der Waals surface area contributed by atoms with Gasteiger partial charge in [0.15, 0.2) is 0 Å². The van der Waals surface area contributed by atoms with Crippen molar-refractivity contribution in [3.63, 3.8) is 0 Å². The van der Waals surface area contributed by atoms with Crippen LogP contribution in [-0.2, 0) is 16.0 Å². The maximum Gasteiger partial charge on any atom is 0.226 e. The number of aromatic nitrogens is 1. The Labute approximate surface area is 185 Å². The van der Waals surface area contributed by atoms with E-state index in [-0.39, 0.29) is 23.8 Å². The lowest BCUT2D eigenvalue weighted by molar-refractivity contribution is -0.141. The van der Waals surface area contributed by atoms with Gasteiger partial charge in [-0.25, -0.2) is 0 Å². The molecule has 31 heavy (non-hydrogen) atoms. The summed E-state index contributed by atoms with van der Waals surface area (Å²) in [5.41, 5.74) is 2.93. The highest BCUT2D eigenvalue weighted by Gasteiger charge is 2.46. The number of carbonyl (C=O) groups is 2. The zero-order valence-electron chi connectivity index (χ0n) is 18.8. The minimum atomic E-state index is -0.501. The fraction of sp³-hybridized carbons (Fsp3) is 0.500. The maximum atomic E-state index is 13.4. The first kappa shape index (κ1) is 21.5. The number of hydrogen-bond acceptors (Lipinski definition) is 3. The van der Waals surface area contributed by atoms with Gasteiger partial charge >= 0.3 is 0 Å². The lowest BCUT2D eigenvalue weighted by atomic mass is 9.71. The van der Waals surface area contributed by atoms with Gasteiger partial charge in [0.2, 0.25) is 11.8 Å². The average molecular weight is 420 g/mol. The molecular formula is C26H33N3O2. The predicted octanol–water partition coefficient (Wildman–Crippen LogP) is 4.08. The second-order valence-corrected chi connectivity index (χ2v) is 9.62. The summed E-state index contributed by atoms with van der Waals surface area (Å²) in [4.78, 5) is 32.3. The van der Waals surface area contributed by atoms with Crippen molar-refractivity contribution in [3.8, 4) is 11.1 Å². The number of nitrogens with one attached hydrogen (secondary N) is 1. The third-order valence-corrected chi connectivity index (χ3v) is 6.90. The molecule has 2 amide bonds. The first-order valence-electron chi connectivity index (χ1n) is 11.5. The molecule has 2 atom stereocenters. The Morgan fingerprint density at radius 1 is 1.13 bits per heavy atom. The fourth-order valence-electron chi connectivity index (χ4n) is 4.81. The number of rotatable bonds is 6. The molecular weight excluding hydrogens is 386 g/mol. The Hall–Kier alpha value is -2.69. The molecule has 1 saturated carbocycles. The summed E-state index contributed by atoms with van der Waals surface area (Å²) in [6.07, 6.45) is 6.68. The maximum absolute atomic E-state index is 13.4. The van der Waals surface area contributed by atoms with E-state index < -0.39 is 5.41 Å². The van der Waals surface area contributed by atoms with Crippen LogP contribution in [0.3, 0.4) is 0 Å². The molecule has 2 heterocycles. The smallest absolute Gasteiger partial charge is 0.226 e. The molecule has 0 unspecified atom stereocenters. The van der Waals surface area contributed by atoms with Gasteiger partial charge < -0.3 is 10.2 Å². The quantitative estimate of drug-likeness (QED) is 0.767. The monoisotopic (exact) mass is 419 g/mol. The highest BCUT2D eigenvalue weighted by atomic mass is 16.2. The van der Waals surface area contributed by atoms with E-state index in [2.05, 4.69) is 29.4 Å². The SMILES string of the molecule is CC(C)NC(=O)C1(Cc2ccccc2-c2ccncc2)CCN(C(=O)[C@H]2C[C@@H]2C)CC1. The number of pyridine rings is 1. The highest BCUT2D eigenvalue weighted by molar-refractivity contribution is 5.85. The van der Waals surface area contributed by atoms with Gasteiger partial charge in [-0.2, -0.15) is 0 Å². The van der Waals surface area contributed by atoms with Crippen LogP contribution >= 0.6 is 0 Å². The van der Waals surface area contributed by atoms with E-state index in [0.717, 1.165) is 17.5 Å². The molecule has 0 spiro atoms. The molecule has 0 radical (unpaired) electrons. The molecule has 5 nitrogen and oxygen atoms in total. The molecule has 0 bridgehead atoms. The van der Waals surface area contributed by atoms with Gasteiger partial charge in [0.05, 0.1) is 5.41 Å². The van der Waals surface area contributed by atoms with Crippen molar-refractivity contribution in [3.05, 3.63) is 54.4 Å². The largest absolute Gasteiger partial charge is 0.353 e. The Morgan fingerprint density at radius 3 is 2.39 bits per heavy atom. The van der Waals surface area contributed by atoms with E-state index in [4.69, 9.17) is 0 Å². The number of likely N-dealkylation sites (tertiary alicyclic amines) is 1. The van der Waals surface area contributed by atoms with Gasteiger partial charge in [0.25, 0.3) is 0 Å². The van der Waals surface area contributed by atoms with E-state index in [1.54, 1.807) is 12.4 Å². The number of piperidine rings is 1. The minimum absolute atomic E-state index is 0.0896. The average Bonchev–Trinajstić information content (AvgIpc) is 3.51. The van der Waals surface area contributed by atoms with Gasteiger partial charge in [-0.1, -0.05) is 31.2 Å². The molecule has 2 aliphatic rings. The molecule has 1 aliphatic carbocycles. The van der Waals surface area contributed by atoms with Crippen LogP contribution in [0.4, 0.5) is 0 Å². The number of hydrogen-bond donors (Lipinski definition) is 1. The summed E-state index contributed by atoms with van der Waals surface area (Å²) >= 11 is 0. The van der Waals surface area contributed by atoms with E-state index in [0.29, 0.717) is 38.3 Å². The molecule has 2 aromatic rings. The van der Waals surface area contributed by atoms with Crippen molar-refractivity contribution >= 4 is 11.8 Å². The van der Waals surface area contributed by atoms with E-state index >= 15 is 0 Å². The summed E-state index contributed by atoms with van der Waals surface area (Å²) < 4.78 is 0. The third-order valence-electron chi connectivity index (χ3n) is 6.90. The van der Waals surface area contributed by atoms with Crippen LogP contribution in [0.15, 0.2) is 48.8 Å². The normalized spacial score (nSPS) is 22.3. The third kappa shape index (κ3) is 4.65. The fourth-order valence-corrected chi connectivity index (χ4v) is 4.81. The highest BCUT2D eigenvalue weighted by Crippen LogP contribution is 2.42. The topological polar surface area (TPSA) is 62.3 Å². The van der Waals surface area contributed by atoms with Gasteiger partial charge in [0.1, 0.15) is 0 Å². The van der Waals surface area contributed by atoms with Crippen LogP contribution in [0.1, 0.15) is 45.6 Å². The van der Waals surface area contributed by atoms with Gasteiger partial charge in [-0.3, -0.25) is 14.6 Å². The number of amides is 2. The molecule has 1 aliphatic heterocycles. The summed E-state index contributed by atoms with van der Waals surface area (Å²) in [5, 5.41) is 3.17. The van der Waals surface area contributed by atoms with Gasteiger partial charge in [-0.05, 0) is 74.3 Å². The molecule has 5 heteroatoms. The Balaban J connectivity index is 1.59. The van der Waals surface area contributed by atoms with Crippen molar-refractivity contribution in [2.75, 3.05) is 13.1 Å². The zero-order valence-corrected chi connectivity index (χ0v) is 18.8. The Morgan fingerprint density at radius 2 is 1.77 bits per heavy atom. The second kappa shape index (κ2) is 8.81. The molecule has 1 aromatic carbocycles. The Kier molecular flexibility index (Phi) is 6.12. The van der Waals surface area contributed by atoms with Crippen LogP contribution in [0.25, 0.3) is 11.1 Å². The van der Waals surface area contributed by atoms with Crippen molar-refractivity contribution < 1.29 is 9.59 Å². The summed E-state index contributed by atoms with van der Waals surface area (Å²) in [6.45, 7) is 7.46. The molecule has 2 fully saturated rings. The van der Waals surface area contributed by atoms with E-state index in [1.807, 2.05) is 43.0 Å². The van der Waals surface area contributed by atoms with Gasteiger partial charge in [-0.15, -0.1) is 0 Å². The number of carbonyl (C=O) groups excluding carboxylic acids is 2. The van der Waals surface area contributed by atoms with Crippen LogP contribution in [0, 0.1) is 17.3 Å². The van der Waals surface area contributed by atoms with Crippen molar-refractivity contribution in [1.29, 1.82) is 0 Å². The van der Waals surface area contributed by atoms with Crippen LogP contribution in [0.5, 0.6) is 0 Å². The molecule has 164 valence electrons. The van der Waals surface area contributed by atoms with E-state index in [1.165, 1.54) is 5.56 Å². The van der Waals surface area contributed by atoms with Crippen molar-refractivity contribution in [2.45, 2.75) is 52.5 Å². The standard InChI is InChI=1S/C26H33N3O2/c1-18(2)28-25(31)26(10-14-29(15-11-26)24(30)23-16-19(23)3)17-21-6-4-5-7-22(21)20-8-12-27-13-9-20/h4-9,12-13,18-19,23H,10-11,14-17H2,1-3H3,(H,28,31)/t19-,23-/m0/s1. The van der Waals surface area contributed by atoms with E-state index in [9.17, 15) is 9.59 Å². The Bertz CT molecular complexity index is 933. The lowest BCUT2D eigenvalue weighted by Crippen LogP contribution is -2.52. The zero-order chi connectivity index (χ0) is 22.0. The summed E-state index contributed by atoms with van der Waals surface area (Å²) in [5.74, 6) is 1.10. The van der Waals surface area contributed by atoms with Crippen molar-refractivity contribution in [2.24, 2.45) is 17.3 Å². The second-order valence-electron chi connectivity index (χ2n) is 9.62. The molecule has 4 rings (SSSR count). The first-order chi connectivity index (χ1) is 14.9.